The fourth-order valence-electron chi connectivity index (χ4n) is 2.49. The zero-order chi connectivity index (χ0) is 14.8. The van der Waals surface area contributed by atoms with E-state index in [4.69, 9.17) is 15.5 Å². The molecule has 0 radical (unpaired) electrons. The Bertz CT molecular complexity index is 779. The maximum atomic E-state index is 5.75. The van der Waals surface area contributed by atoms with Gasteiger partial charge >= 0.3 is 0 Å². The van der Waals surface area contributed by atoms with Gasteiger partial charge in [-0.15, -0.1) is 0 Å². The van der Waals surface area contributed by atoms with E-state index >= 15 is 0 Å². The molecule has 0 bridgehead atoms. The van der Waals surface area contributed by atoms with Crippen molar-refractivity contribution < 1.29 is 4.74 Å². The van der Waals surface area contributed by atoms with Crippen molar-refractivity contribution in [2.45, 2.75) is 13.5 Å². The number of aromatic nitrogens is 3. The Morgan fingerprint density at radius 2 is 2.10 bits per heavy atom. The molecule has 5 nitrogen and oxygen atoms in total. The van der Waals surface area contributed by atoms with E-state index in [1.807, 2.05) is 48.0 Å². The van der Waals surface area contributed by atoms with Gasteiger partial charge in [0.05, 0.1) is 12.7 Å². The molecular weight excluding hydrogens is 264 g/mol. The van der Waals surface area contributed by atoms with E-state index in [9.17, 15) is 0 Å². The fourth-order valence-corrected chi connectivity index (χ4v) is 2.49. The third-order valence-electron chi connectivity index (χ3n) is 3.42. The molecule has 0 aliphatic carbocycles. The summed E-state index contributed by atoms with van der Waals surface area (Å²) in [6.07, 6.45) is 1.85. The average molecular weight is 282 g/mol. The molecule has 1 aromatic carbocycles. The molecule has 0 fully saturated rings. The maximum Gasteiger partial charge on any atom is 0.160 e. The SMILES string of the molecule is COc1ccccc1-c1nc2cc(C)cnc2n1CCN. The number of imidazole rings is 1. The van der Waals surface area contributed by atoms with E-state index in [0.29, 0.717) is 13.1 Å². The van der Waals surface area contributed by atoms with Crippen molar-refractivity contribution in [1.29, 1.82) is 0 Å². The molecule has 0 amide bonds. The Balaban J connectivity index is 2.28. The lowest BCUT2D eigenvalue weighted by molar-refractivity contribution is 0.416. The van der Waals surface area contributed by atoms with E-state index in [2.05, 4.69) is 4.98 Å². The fraction of sp³-hybridized carbons (Fsp3) is 0.250. The van der Waals surface area contributed by atoms with Gasteiger partial charge in [-0.2, -0.15) is 0 Å². The molecule has 0 saturated heterocycles. The van der Waals surface area contributed by atoms with Crippen LogP contribution in [-0.4, -0.2) is 28.2 Å². The van der Waals surface area contributed by atoms with Gasteiger partial charge in [0.2, 0.25) is 0 Å². The van der Waals surface area contributed by atoms with Crippen molar-refractivity contribution in [2.24, 2.45) is 5.73 Å². The lowest BCUT2D eigenvalue weighted by Crippen LogP contribution is -2.11. The van der Waals surface area contributed by atoms with E-state index < -0.39 is 0 Å². The summed E-state index contributed by atoms with van der Waals surface area (Å²) in [6, 6.07) is 9.89. The normalized spacial score (nSPS) is 11.0. The summed E-state index contributed by atoms with van der Waals surface area (Å²) in [5.74, 6) is 1.63. The molecule has 5 heteroatoms. The van der Waals surface area contributed by atoms with Crippen LogP contribution in [0, 0.1) is 6.92 Å². The van der Waals surface area contributed by atoms with Crippen LogP contribution in [0.25, 0.3) is 22.6 Å². The minimum absolute atomic E-state index is 0.531. The van der Waals surface area contributed by atoms with Crippen molar-refractivity contribution in [2.75, 3.05) is 13.7 Å². The molecule has 3 aromatic rings. The molecular formula is C16H18N4O. The summed E-state index contributed by atoms with van der Waals surface area (Å²) >= 11 is 0. The first kappa shape index (κ1) is 13.6. The van der Waals surface area contributed by atoms with E-state index in [0.717, 1.165) is 33.9 Å². The molecule has 2 aromatic heterocycles. The molecule has 2 N–H and O–H groups in total. The highest BCUT2D eigenvalue weighted by molar-refractivity contribution is 5.79. The van der Waals surface area contributed by atoms with Crippen LogP contribution in [0.5, 0.6) is 5.75 Å². The van der Waals surface area contributed by atoms with Crippen LogP contribution in [0.3, 0.4) is 0 Å². The summed E-state index contributed by atoms with van der Waals surface area (Å²) in [5, 5.41) is 0. The third-order valence-corrected chi connectivity index (χ3v) is 3.42. The van der Waals surface area contributed by atoms with Gasteiger partial charge in [-0.05, 0) is 30.7 Å². The predicted molar refractivity (Wildman–Crippen MR) is 83.3 cm³/mol. The van der Waals surface area contributed by atoms with Crippen molar-refractivity contribution in [3.63, 3.8) is 0 Å². The van der Waals surface area contributed by atoms with Crippen LogP contribution >= 0.6 is 0 Å². The molecule has 0 spiro atoms. The number of hydrogen-bond donors (Lipinski definition) is 1. The summed E-state index contributed by atoms with van der Waals surface area (Å²) in [5.41, 5.74) is 9.52. The second-order valence-electron chi connectivity index (χ2n) is 4.93. The molecule has 0 aliphatic heterocycles. The van der Waals surface area contributed by atoms with E-state index in [-0.39, 0.29) is 0 Å². The second-order valence-corrected chi connectivity index (χ2v) is 4.93. The predicted octanol–water partition coefficient (Wildman–Crippen LogP) is 2.37. The summed E-state index contributed by atoms with van der Waals surface area (Å²) in [4.78, 5) is 9.24. The van der Waals surface area contributed by atoms with Crippen LogP contribution in [0.2, 0.25) is 0 Å². The number of pyridine rings is 1. The Kier molecular flexibility index (Phi) is 3.58. The van der Waals surface area contributed by atoms with Crippen molar-refractivity contribution >= 4 is 11.2 Å². The lowest BCUT2D eigenvalue weighted by Gasteiger charge is -2.10. The van der Waals surface area contributed by atoms with Gasteiger partial charge in [0, 0.05) is 19.3 Å². The van der Waals surface area contributed by atoms with Gasteiger partial charge in [0.15, 0.2) is 5.65 Å². The van der Waals surface area contributed by atoms with Gasteiger partial charge < -0.3 is 15.0 Å². The quantitative estimate of drug-likeness (QED) is 0.798. The first-order valence-corrected chi connectivity index (χ1v) is 6.91. The topological polar surface area (TPSA) is 66.0 Å². The zero-order valence-electron chi connectivity index (χ0n) is 12.2. The van der Waals surface area contributed by atoms with Crippen LogP contribution in [0.4, 0.5) is 0 Å². The number of benzene rings is 1. The average Bonchev–Trinajstić information content (AvgIpc) is 2.85. The first-order valence-electron chi connectivity index (χ1n) is 6.91. The van der Waals surface area contributed by atoms with Crippen LogP contribution in [0.1, 0.15) is 5.56 Å². The number of nitrogens with zero attached hydrogens (tertiary/aromatic N) is 3. The molecule has 3 rings (SSSR count). The van der Waals surface area contributed by atoms with Gasteiger partial charge in [0.1, 0.15) is 17.1 Å². The Hall–Kier alpha value is -2.40. The summed E-state index contributed by atoms with van der Waals surface area (Å²) in [6.45, 7) is 3.21. The molecule has 0 unspecified atom stereocenters. The smallest absolute Gasteiger partial charge is 0.160 e. The standard InChI is InChI=1S/C16H18N4O/c1-11-9-13-16(18-10-11)20(8-7-17)15(19-13)12-5-3-4-6-14(12)21-2/h3-6,9-10H,7-8,17H2,1-2H3. The first-order chi connectivity index (χ1) is 10.2. The summed E-state index contributed by atoms with van der Waals surface area (Å²) in [7, 11) is 1.66. The van der Waals surface area contributed by atoms with E-state index in [1.54, 1.807) is 7.11 Å². The monoisotopic (exact) mass is 282 g/mol. The third kappa shape index (κ3) is 2.36. The summed E-state index contributed by atoms with van der Waals surface area (Å²) < 4.78 is 7.50. The lowest BCUT2D eigenvalue weighted by atomic mass is 10.2. The van der Waals surface area contributed by atoms with Crippen LogP contribution < -0.4 is 10.5 Å². The minimum atomic E-state index is 0.531. The number of ether oxygens (including phenoxy) is 1. The van der Waals surface area contributed by atoms with E-state index in [1.165, 1.54) is 0 Å². The number of nitrogens with two attached hydrogens (primary N) is 1. The highest BCUT2D eigenvalue weighted by Gasteiger charge is 2.16. The van der Waals surface area contributed by atoms with Gasteiger partial charge in [-0.1, -0.05) is 12.1 Å². The Morgan fingerprint density at radius 3 is 2.86 bits per heavy atom. The van der Waals surface area contributed by atoms with Gasteiger partial charge in [0.25, 0.3) is 0 Å². The van der Waals surface area contributed by atoms with Crippen molar-refractivity contribution in [1.82, 2.24) is 14.5 Å². The van der Waals surface area contributed by atoms with Crippen molar-refractivity contribution in [3.8, 4) is 17.1 Å². The maximum absolute atomic E-state index is 5.75. The van der Waals surface area contributed by atoms with Crippen molar-refractivity contribution in [3.05, 3.63) is 42.1 Å². The number of aryl methyl sites for hydroxylation is 1. The number of rotatable bonds is 4. The van der Waals surface area contributed by atoms with Crippen LogP contribution in [0.15, 0.2) is 36.5 Å². The highest BCUT2D eigenvalue weighted by atomic mass is 16.5. The number of methoxy groups -OCH3 is 1. The molecule has 0 saturated carbocycles. The Morgan fingerprint density at radius 1 is 1.29 bits per heavy atom. The Labute approximate surface area is 123 Å². The highest BCUT2D eigenvalue weighted by Crippen LogP contribution is 2.31. The second kappa shape index (κ2) is 5.54. The van der Waals surface area contributed by atoms with Gasteiger partial charge in [-0.25, -0.2) is 9.97 Å². The zero-order valence-corrected chi connectivity index (χ0v) is 12.2. The van der Waals surface area contributed by atoms with Gasteiger partial charge in [-0.3, -0.25) is 0 Å². The number of para-hydroxylation sites is 1. The largest absolute Gasteiger partial charge is 0.496 e. The molecule has 2 heterocycles. The van der Waals surface area contributed by atoms with Crippen LogP contribution in [-0.2, 0) is 6.54 Å². The molecule has 21 heavy (non-hydrogen) atoms. The number of fused-ring (bicyclic) bond motifs is 1. The molecule has 0 aliphatic rings. The molecule has 0 atom stereocenters. The molecule has 108 valence electrons. The minimum Gasteiger partial charge on any atom is -0.496 e. The number of hydrogen-bond acceptors (Lipinski definition) is 4.